The van der Waals surface area contributed by atoms with Crippen LogP contribution in [0, 0.1) is 0 Å². The van der Waals surface area contributed by atoms with E-state index in [1.807, 2.05) is 36.4 Å². The number of hydrogen-bond acceptors (Lipinski definition) is 3. The zero-order valence-corrected chi connectivity index (χ0v) is 26.0. The molecule has 7 aromatic carbocycles. The lowest BCUT2D eigenvalue weighted by Crippen LogP contribution is -2.06. The molecule has 0 bridgehead atoms. The van der Waals surface area contributed by atoms with Crippen molar-refractivity contribution in [3.63, 3.8) is 0 Å². The first-order valence-corrected chi connectivity index (χ1v) is 16.3. The van der Waals surface area contributed by atoms with E-state index in [-0.39, 0.29) is 5.92 Å². The molecule has 4 heteroatoms. The minimum absolute atomic E-state index is 0.159. The lowest BCUT2D eigenvalue weighted by atomic mass is 9.89. The molecule has 0 N–H and O–H groups in total. The monoisotopic (exact) mass is 612 g/mol. The van der Waals surface area contributed by atoms with E-state index < -0.39 is 0 Å². The molecule has 0 radical (unpaired) electrons. The van der Waals surface area contributed by atoms with E-state index >= 15 is 0 Å². The summed E-state index contributed by atoms with van der Waals surface area (Å²) in [5.41, 5.74) is 10.5. The van der Waals surface area contributed by atoms with Gasteiger partial charge in [-0.15, -0.1) is 0 Å². The lowest BCUT2D eigenvalue weighted by molar-refractivity contribution is 0.953. The van der Waals surface area contributed by atoms with Gasteiger partial charge in [-0.25, -0.2) is 4.98 Å². The largest absolute Gasteiger partial charge is 0.278 e. The second-order valence-electron chi connectivity index (χ2n) is 12.5. The number of nitrogens with zero attached hydrogens (tertiary/aromatic N) is 4. The van der Waals surface area contributed by atoms with Gasteiger partial charge in [0, 0.05) is 27.8 Å². The molecule has 1 aliphatic carbocycles. The minimum atomic E-state index is 0.159. The molecular formula is C44H28N4. The van der Waals surface area contributed by atoms with Gasteiger partial charge in [0.15, 0.2) is 11.6 Å². The molecule has 1 unspecified atom stereocenters. The standard InChI is InChI=1S/C44H28N4/c1-4-14-28(15-5-1)41-34-23-13-12-22-33(34)35-27-40-37(26-38(35)41)36-24-31-20-10-11-21-32(31)25-39(36)48(40)44-46-42(29-16-6-2-7-17-29)45-43(47-44)30-18-8-3-9-19-30/h1-27,41H. The average Bonchev–Trinajstić information content (AvgIpc) is 3.65. The highest BCUT2D eigenvalue weighted by molar-refractivity contribution is 6.15. The van der Waals surface area contributed by atoms with E-state index in [9.17, 15) is 0 Å². The second kappa shape index (κ2) is 10.6. The fourth-order valence-electron chi connectivity index (χ4n) is 7.52. The lowest BCUT2D eigenvalue weighted by Gasteiger charge is -2.14. The smallest absolute Gasteiger partial charge is 0.238 e. The van der Waals surface area contributed by atoms with Crippen molar-refractivity contribution in [3.05, 3.63) is 180 Å². The summed E-state index contributed by atoms with van der Waals surface area (Å²) in [6.07, 6.45) is 0. The number of fused-ring (bicyclic) bond motifs is 7. The predicted octanol–water partition coefficient (Wildman–Crippen LogP) is 10.6. The molecule has 1 atom stereocenters. The van der Waals surface area contributed by atoms with Crippen molar-refractivity contribution in [1.29, 1.82) is 0 Å². The Labute approximate surface area is 277 Å². The van der Waals surface area contributed by atoms with E-state index in [4.69, 9.17) is 15.0 Å². The van der Waals surface area contributed by atoms with E-state index in [1.165, 1.54) is 49.4 Å². The van der Waals surface area contributed by atoms with Gasteiger partial charge in [-0.3, -0.25) is 4.57 Å². The van der Waals surface area contributed by atoms with Crippen LogP contribution >= 0.6 is 0 Å². The summed E-state index contributed by atoms with van der Waals surface area (Å²) in [5.74, 6) is 2.05. The predicted molar refractivity (Wildman–Crippen MR) is 195 cm³/mol. The van der Waals surface area contributed by atoms with Crippen molar-refractivity contribution in [1.82, 2.24) is 19.5 Å². The molecule has 2 aromatic heterocycles. The summed E-state index contributed by atoms with van der Waals surface area (Å²) in [6.45, 7) is 0. The molecule has 0 saturated heterocycles. The van der Waals surface area contributed by atoms with Gasteiger partial charge in [0.2, 0.25) is 5.95 Å². The Morgan fingerprint density at radius 3 is 1.65 bits per heavy atom. The minimum Gasteiger partial charge on any atom is -0.278 e. The van der Waals surface area contributed by atoms with Crippen molar-refractivity contribution in [3.8, 4) is 39.9 Å². The van der Waals surface area contributed by atoms with Gasteiger partial charge < -0.3 is 0 Å². The third kappa shape index (κ3) is 4.13. The molecule has 10 rings (SSSR count). The number of hydrogen-bond donors (Lipinski definition) is 0. The van der Waals surface area contributed by atoms with Gasteiger partial charge in [0.05, 0.1) is 11.0 Å². The third-order valence-electron chi connectivity index (χ3n) is 9.70. The molecule has 48 heavy (non-hydrogen) atoms. The van der Waals surface area contributed by atoms with Crippen molar-refractivity contribution in [2.45, 2.75) is 5.92 Å². The van der Waals surface area contributed by atoms with Crippen LogP contribution in [0.4, 0.5) is 0 Å². The first kappa shape index (κ1) is 26.8. The summed E-state index contributed by atoms with van der Waals surface area (Å²) in [5, 5.41) is 4.75. The molecule has 0 saturated carbocycles. The van der Waals surface area contributed by atoms with Gasteiger partial charge in [-0.1, -0.05) is 140 Å². The van der Waals surface area contributed by atoms with Crippen LogP contribution in [0.5, 0.6) is 0 Å². The van der Waals surface area contributed by atoms with Gasteiger partial charge in [-0.05, 0) is 62.9 Å². The van der Waals surface area contributed by atoms with Crippen LogP contribution in [-0.4, -0.2) is 19.5 Å². The molecule has 1 aliphatic rings. The molecule has 224 valence electrons. The maximum atomic E-state index is 5.19. The zero-order valence-electron chi connectivity index (χ0n) is 26.0. The first-order valence-electron chi connectivity index (χ1n) is 16.3. The fraction of sp³-hybridized carbons (Fsp3) is 0.0227. The van der Waals surface area contributed by atoms with Crippen molar-refractivity contribution < 1.29 is 0 Å². The highest BCUT2D eigenvalue weighted by atomic mass is 15.2. The Balaban J connectivity index is 1.32. The summed E-state index contributed by atoms with van der Waals surface area (Å²) >= 11 is 0. The summed E-state index contributed by atoms with van der Waals surface area (Å²) in [7, 11) is 0. The number of rotatable bonds is 4. The molecule has 0 fully saturated rings. The molecule has 9 aromatic rings. The van der Waals surface area contributed by atoms with Crippen LogP contribution in [0.3, 0.4) is 0 Å². The van der Waals surface area contributed by atoms with Gasteiger partial charge in [0.1, 0.15) is 0 Å². The van der Waals surface area contributed by atoms with Crippen LogP contribution in [0.1, 0.15) is 22.6 Å². The van der Waals surface area contributed by atoms with Crippen LogP contribution in [-0.2, 0) is 0 Å². The molecule has 0 amide bonds. The normalized spacial score (nSPS) is 13.6. The molecular weight excluding hydrogens is 585 g/mol. The van der Waals surface area contributed by atoms with E-state index in [1.54, 1.807) is 0 Å². The first-order chi connectivity index (χ1) is 23.8. The SMILES string of the molecule is c1ccc(-c2nc(-c3ccccc3)nc(-n3c4cc5c(cc4c4cc6ccccc6cc43)C(c3ccccc3)c3ccccc3-5)n2)cc1. The Bertz CT molecular complexity index is 2600. The Hall–Kier alpha value is -6.39. The fourth-order valence-corrected chi connectivity index (χ4v) is 7.52. The van der Waals surface area contributed by atoms with Gasteiger partial charge >= 0.3 is 0 Å². The Morgan fingerprint density at radius 1 is 0.417 bits per heavy atom. The Kier molecular flexibility index (Phi) is 5.90. The molecule has 0 spiro atoms. The van der Waals surface area contributed by atoms with E-state index in [0.717, 1.165) is 22.2 Å². The quantitative estimate of drug-likeness (QED) is 0.199. The van der Waals surface area contributed by atoms with Crippen LogP contribution < -0.4 is 0 Å². The maximum Gasteiger partial charge on any atom is 0.238 e. The second-order valence-corrected chi connectivity index (χ2v) is 12.5. The van der Waals surface area contributed by atoms with Crippen LogP contribution in [0.2, 0.25) is 0 Å². The molecule has 2 heterocycles. The van der Waals surface area contributed by atoms with Crippen LogP contribution in [0.25, 0.3) is 72.4 Å². The highest BCUT2D eigenvalue weighted by Gasteiger charge is 2.31. The maximum absolute atomic E-state index is 5.19. The summed E-state index contributed by atoms with van der Waals surface area (Å²) < 4.78 is 2.25. The van der Waals surface area contributed by atoms with Crippen LogP contribution in [0.15, 0.2) is 164 Å². The van der Waals surface area contributed by atoms with Gasteiger partial charge in [-0.2, -0.15) is 9.97 Å². The molecule has 4 nitrogen and oxygen atoms in total. The highest BCUT2D eigenvalue weighted by Crippen LogP contribution is 2.50. The summed E-state index contributed by atoms with van der Waals surface area (Å²) in [6, 6.07) is 58.0. The number of aromatic nitrogens is 4. The summed E-state index contributed by atoms with van der Waals surface area (Å²) in [4.78, 5) is 15.4. The molecule has 0 aliphatic heterocycles. The van der Waals surface area contributed by atoms with Gasteiger partial charge in [0.25, 0.3) is 0 Å². The third-order valence-corrected chi connectivity index (χ3v) is 9.70. The van der Waals surface area contributed by atoms with E-state index in [0.29, 0.717) is 17.6 Å². The topological polar surface area (TPSA) is 43.6 Å². The Morgan fingerprint density at radius 2 is 0.958 bits per heavy atom. The number of benzene rings is 7. The van der Waals surface area contributed by atoms with Crippen molar-refractivity contribution in [2.24, 2.45) is 0 Å². The van der Waals surface area contributed by atoms with Crippen molar-refractivity contribution >= 4 is 32.6 Å². The average molecular weight is 613 g/mol. The van der Waals surface area contributed by atoms with E-state index in [2.05, 4.69) is 132 Å². The zero-order chi connectivity index (χ0) is 31.6. The van der Waals surface area contributed by atoms with Crippen molar-refractivity contribution in [2.75, 3.05) is 0 Å².